The fourth-order valence-corrected chi connectivity index (χ4v) is 2.03. The van der Waals surface area contributed by atoms with Gasteiger partial charge in [-0.1, -0.05) is 13.8 Å². The number of unbranched alkanes of at least 4 members (excludes halogenated alkanes) is 1. The Bertz CT molecular complexity index is 562. The molecule has 0 saturated carbocycles. The number of rotatable bonds is 7. The van der Waals surface area contributed by atoms with Gasteiger partial charge < -0.3 is 15.6 Å². The largest absolute Gasteiger partial charge is 0.383 e. The van der Waals surface area contributed by atoms with E-state index in [9.17, 15) is 0 Å². The Hall–Kier alpha value is -2.11. The van der Waals surface area contributed by atoms with Crippen molar-refractivity contribution >= 4 is 11.6 Å². The van der Waals surface area contributed by atoms with E-state index in [1.165, 1.54) is 0 Å². The number of hydrogen-bond donors (Lipinski definition) is 2. The molecule has 0 unspecified atom stereocenters. The summed E-state index contributed by atoms with van der Waals surface area (Å²) in [4.78, 5) is 12.9. The van der Waals surface area contributed by atoms with Crippen molar-refractivity contribution < 1.29 is 0 Å². The Balaban J connectivity index is 1.85. The summed E-state index contributed by atoms with van der Waals surface area (Å²) in [6, 6.07) is 0. The predicted octanol–water partition coefficient (Wildman–Crippen LogP) is 2.58. The lowest BCUT2D eigenvalue weighted by Crippen LogP contribution is -2.11. The van der Waals surface area contributed by atoms with Crippen LogP contribution in [0.2, 0.25) is 0 Å². The van der Waals surface area contributed by atoms with E-state index in [-0.39, 0.29) is 5.92 Å². The third-order valence-electron chi connectivity index (χ3n) is 3.41. The number of hydrogen-bond acceptors (Lipinski definition) is 5. The zero-order chi connectivity index (χ0) is 15.2. The second-order valence-electron chi connectivity index (χ2n) is 5.53. The normalized spacial score (nSPS) is 11.0. The van der Waals surface area contributed by atoms with Gasteiger partial charge in [-0.3, -0.25) is 0 Å². The van der Waals surface area contributed by atoms with Crippen molar-refractivity contribution in [2.45, 2.75) is 46.1 Å². The topological polar surface area (TPSA) is 81.6 Å². The van der Waals surface area contributed by atoms with Gasteiger partial charge in [0.1, 0.15) is 17.5 Å². The molecule has 6 nitrogen and oxygen atoms in total. The monoisotopic (exact) mass is 288 g/mol. The van der Waals surface area contributed by atoms with E-state index < -0.39 is 0 Å². The number of aromatic nitrogens is 4. The average molecular weight is 288 g/mol. The van der Waals surface area contributed by atoms with Crippen LogP contribution in [0.15, 0.2) is 18.7 Å². The molecule has 0 bridgehead atoms. The number of nitrogen functional groups attached to an aromatic ring is 1. The number of aryl methyl sites for hydroxylation is 1. The van der Waals surface area contributed by atoms with Crippen LogP contribution in [0.1, 0.15) is 44.0 Å². The van der Waals surface area contributed by atoms with Crippen molar-refractivity contribution in [2.75, 3.05) is 17.6 Å². The van der Waals surface area contributed by atoms with Crippen LogP contribution in [0.4, 0.5) is 11.6 Å². The van der Waals surface area contributed by atoms with E-state index in [0.717, 1.165) is 43.1 Å². The Morgan fingerprint density at radius 3 is 2.76 bits per heavy atom. The lowest BCUT2D eigenvalue weighted by atomic mass is 10.2. The van der Waals surface area contributed by atoms with E-state index in [0.29, 0.717) is 5.82 Å². The molecule has 0 radical (unpaired) electrons. The zero-order valence-corrected chi connectivity index (χ0v) is 13.0. The van der Waals surface area contributed by atoms with Crippen molar-refractivity contribution in [3.63, 3.8) is 0 Å². The Labute approximate surface area is 125 Å². The summed E-state index contributed by atoms with van der Waals surface area (Å²) >= 11 is 0. The molecule has 0 aliphatic heterocycles. The van der Waals surface area contributed by atoms with Gasteiger partial charge in [0.25, 0.3) is 0 Å². The van der Waals surface area contributed by atoms with Crippen LogP contribution in [0, 0.1) is 6.92 Å². The van der Waals surface area contributed by atoms with E-state index in [2.05, 4.69) is 38.7 Å². The van der Waals surface area contributed by atoms with Gasteiger partial charge in [-0.15, -0.1) is 0 Å². The Morgan fingerprint density at radius 1 is 1.29 bits per heavy atom. The molecule has 0 spiro atoms. The summed E-state index contributed by atoms with van der Waals surface area (Å²) in [5, 5.41) is 3.37. The highest BCUT2D eigenvalue weighted by atomic mass is 15.1. The van der Waals surface area contributed by atoms with Gasteiger partial charge in [0.2, 0.25) is 0 Å². The quantitative estimate of drug-likeness (QED) is 0.765. The first-order valence-corrected chi connectivity index (χ1v) is 7.41. The van der Waals surface area contributed by atoms with Crippen LogP contribution >= 0.6 is 0 Å². The van der Waals surface area contributed by atoms with E-state index in [1.54, 1.807) is 6.20 Å². The zero-order valence-electron chi connectivity index (χ0n) is 13.0. The minimum Gasteiger partial charge on any atom is -0.383 e. The molecule has 0 aliphatic rings. The summed E-state index contributed by atoms with van der Waals surface area (Å²) in [5.74, 6) is 2.48. The Kier molecular flexibility index (Phi) is 5.14. The molecule has 0 fully saturated rings. The van der Waals surface area contributed by atoms with Crippen molar-refractivity contribution in [1.29, 1.82) is 0 Å². The molecule has 2 aromatic rings. The van der Waals surface area contributed by atoms with E-state index in [4.69, 9.17) is 5.73 Å². The molecular formula is C15H24N6. The average Bonchev–Trinajstić information content (AvgIpc) is 2.95. The molecule has 2 heterocycles. The maximum Gasteiger partial charge on any atom is 0.135 e. The number of anilines is 2. The van der Waals surface area contributed by atoms with Crippen molar-refractivity contribution in [1.82, 2.24) is 19.5 Å². The number of imidazole rings is 1. The van der Waals surface area contributed by atoms with Crippen molar-refractivity contribution in [3.8, 4) is 0 Å². The molecule has 114 valence electrons. The summed E-state index contributed by atoms with van der Waals surface area (Å²) in [7, 11) is 0. The van der Waals surface area contributed by atoms with Gasteiger partial charge >= 0.3 is 0 Å². The minimum absolute atomic E-state index is 0.273. The SMILES string of the molecule is Cc1c(N)nc(C(C)C)nc1NCCCCn1ccnc1. The van der Waals surface area contributed by atoms with Gasteiger partial charge in [-0.2, -0.15) is 0 Å². The van der Waals surface area contributed by atoms with Crippen LogP contribution in [-0.4, -0.2) is 26.1 Å². The first-order valence-electron chi connectivity index (χ1n) is 7.41. The molecule has 2 rings (SSSR count). The second-order valence-corrected chi connectivity index (χ2v) is 5.53. The van der Waals surface area contributed by atoms with Crippen LogP contribution < -0.4 is 11.1 Å². The molecule has 3 N–H and O–H groups in total. The highest BCUT2D eigenvalue weighted by Gasteiger charge is 2.10. The van der Waals surface area contributed by atoms with Crippen LogP contribution in [-0.2, 0) is 6.54 Å². The summed E-state index contributed by atoms with van der Waals surface area (Å²) in [6.07, 6.45) is 7.80. The van der Waals surface area contributed by atoms with Crippen molar-refractivity contribution in [3.05, 3.63) is 30.1 Å². The van der Waals surface area contributed by atoms with Gasteiger partial charge in [-0.05, 0) is 19.8 Å². The third-order valence-corrected chi connectivity index (χ3v) is 3.41. The molecule has 0 aromatic carbocycles. The lowest BCUT2D eigenvalue weighted by Gasteiger charge is -2.13. The standard InChI is InChI=1S/C15H24N6/c1-11(2)14-19-13(16)12(3)15(20-14)18-6-4-5-8-21-9-7-17-10-21/h7,9-11H,4-6,8H2,1-3H3,(H3,16,18,19,20). The lowest BCUT2D eigenvalue weighted by molar-refractivity contribution is 0.620. The molecule has 0 aliphatic carbocycles. The van der Waals surface area contributed by atoms with E-state index >= 15 is 0 Å². The fourth-order valence-electron chi connectivity index (χ4n) is 2.03. The van der Waals surface area contributed by atoms with Gasteiger partial charge in [0, 0.05) is 37.0 Å². The molecular weight excluding hydrogens is 264 g/mol. The number of nitrogens with zero attached hydrogens (tertiary/aromatic N) is 4. The van der Waals surface area contributed by atoms with Crippen LogP contribution in [0.25, 0.3) is 0 Å². The Morgan fingerprint density at radius 2 is 2.10 bits per heavy atom. The highest BCUT2D eigenvalue weighted by Crippen LogP contribution is 2.20. The second kappa shape index (κ2) is 7.06. The van der Waals surface area contributed by atoms with Gasteiger partial charge in [0.15, 0.2) is 0 Å². The molecule has 0 saturated heterocycles. The first-order chi connectivity index (χ1) is 10.1. The van der Waals surface area contributed by atoms with Crippen LogP contribution in [0.3, 0.4) is 0 Å². The van der Waals surface area contributed by atoms with Crippen LogP contribution in [0.5, 0.6) is 0 Å². The third kappa shape index (κ3) is 4.18. The van der Waals surface area contributed by atoms with Gasteiger partial charge in [0.05, 0.1) is 6.33 Å². The maximum atomic E-state index is 5.95. The van der Waals surface area contributed by atoms with Gasteiger partial charge in [-0.25, -0.2) is 15.0 Å². The summed E-state index contributed by atoms with van der Waals surface area (Å²) < 4.78 is 2.09. The molecule has 2 aromatic heterocycles. The molecule has 0 atom stereocenters. The summed E-state index contributed by atoms with van der Waals surface area (Å²) in [6.45, 7) is 7.96. The predicted molar refractivity (Wildman–Crippen MR) is 85.2 cm³/mol. The molecule has 0 amide bonds. The molecule has 21 heavy (non-hydrogen) atoms. The highest BCUT2D eigenvalue weighted by molar-refractivity contribution is 5.54. The summed E-state index contributed by atoms with van der Waals surface area (Å²) in [5.41, 5.74) is 6.88. The smallest absolute Gasteiger partial charge is 0.135 e. The fraction of sp³-hybridized carbons (Fsp3) is 0.533. The van der Waals surface area contributed by atoms with E-state index in [1.807, 2.05) is 19.4 Å². The number of nitrogens with one attached hydrogen (secondary N) is 1. The molecule has 6 heteroatoms. The maximum absolute atomic E-state index is 5.95. The minimum atomic E-state index is 0.273. The number of nitrogens with two attached hydrogens (primary N) is 1. The van der Waals surface area contributed by atoms with Crippen molar-refractivity contribution in [2.24, 2.45) is 0 Å². The first kappa shape index (κ1) is 15.3.